The summed E-state index contributed by atoms with van der Waals surface area (Å²) in [5, 5.41) is 19.7. The number of halogens is 2. The molecule has 0 bridgehead atoms. The number of nitrogens with zero attached hydrogens (tertiary/aromatic N) is 1. The smallest absolute Gasteiger partial charge is 0.262 e. The van der Waals surface area contributed by atoms with Crippen LogP contribution in [0.3, 0.4) is 0 Å². The molecular formula is C16H26ClIN4O4. The quantitative estimate of drug-likeness (QED) is 0.285. The summed E-state index contributed by atoms with van der Waals surface area (Å²) in [6.45, 7) is 3.51. The predicted octanol–water partition coefficient (Wildman–Crippen LogP) is 0.458. The Bertz CT molecular complexity index is 619. The summed E-state index contributed by atoms with van der Waals surface area (Å²) in [5.41, 5.74) is 4.90. The summed E-state index contributed by atoms with van der Waals surface area (Å²) in [4.78, 5) is 28.3. The minimum Gasteiger partial charge on any atom is -0.396 e. The Hall–Kier alpha value is -0.880. The molecule has 0 spiro atoms. The number of aliphatic hydroxyl groups is 2. The second-order valence-electron chi connectivity index (χ2n) is 5.90. The van der Waals surface area contributed by atoms with Crippen LogP contribution in [0.1, 0.15) is 23.2 Å². The summed E-state index contributed by atoms with van der Waals surface area (Å²) >= 11 is 7.92. The van der Waals surface area contributed by atoms with Crippen molar-refractivity contribution in [3.05, 3.63) is 27.0 Å². The van der Waals surface area contributed by atoms with Gasteiger partial charge < -0.3 is 31.1 Å². The highest BCUT2D eigenvalue weighted by molar-refractivity contribution is 14.1. The van der Waals surface area contributed by atoms with Crippen LogP contribution in [0.15, 0.2) is 10.9 Å². The van der Waals surface area contributed by atoms with E-state index in [9.17, 15) is 9.59 Å². The fourth-order valence-corrected chi connectivity index (χ4v) is 2.73. The molecule has 0 saturated carbocycles. The number of amides is 1. The van der Waals surface area contributed by atoms with E-state index < -0.39 is 11.5 Å². The van der Waals surface area contributed by atoms with Crippen molar-refractivity contribution in [1.82, 2.24) is 15.2 Å². The molecule has 1 aliphatic heterocycles. The van der Waals surface area contributed by atoms with Crippen LogP contribution in [-0.2, 0) is 0 Å². The number of nitrogens with one attached hydrogen (secondary N) is 2. The largest absolute Gasteiger partial charge is 0.396 e. The van der Waals surface area contributed by atoms with E-state index in [0.29, 0.717) is 25.6 Å². The minimum atomic E-state index is -0.544. The van der Waals surface area contributed by atoms with E-state index in [4.69, 9.17) is 27.5 Å². The monoisotopic (exact) mass is 500 g/mol. The molecular weight excluding hydrogens is 475 g/mol. The lowest BCUT2D eigenvalue weighted by atomic mass is 9.96. The first-order valence-electron chi connectivity index (χ1n) is 8.39. The Kier molecular flexibility index (Phi) is 11.1. The molecule has 26 heavy (non-hydrogen) atoms. The van der Waals surface area contributed by atoms with Crippen LogP contribution in [0.4, 0.5) is 5.82 Å². The maximum atomic E-state index is 12.1. The van der Waals surface area contributed by atoms with E-state index in [1.807, 2.05) is 0 Å². The van der Waals surface area contributed by atoms with Gasteiger partial charge in [-0.1, -0.05) is 34.2 Å². The third-order valence-corrected chi connectivity index (χ3v) is 4.82. The van der Waals surface area contributed by atoms with Gasteiger partial charge in [-0.3, -0.25) is 9.59 Å². The van der Waals surface area contributed by atoms with Gasteiger partial charge in [0.05, 0.1) is 18.2 Å². The van der Waals surface area contributed by atoms with E-state index in [2.05, 4.69) is 37.8 Å². The van der Waals surface area contributed by atoms with Crippen molar-refractivity contribution in [2.75, 3.05) is 49.6 Å². The Morgan fingerprint density at radius 3 is 2.54 bits per heavy atom. The molecule has 1 aromatic rings. The van der Waals surface area contributed by atoms with E-state index in [-0.39, 0.29) is 23.0 Å². The molecule has 1 amide bonds. The molecule has 10 heteroatoms. The van der Waals surface area contributed by atoms with E-state index in [0.717, 1.165) is 30.4 Å². The summed E-state index contributed by atoms with van der Waals surface area (Å²) in [7, 11) is 0. The van der Waals surface area contributed by atoms with Gasteiger partial charge in [0.1, 0.15) is 11.4 Å². The second-order valence-corrected chi connectivity index (χ2v) is 7.39. The Morgan fingerprint density at radius 1 is 1.38 bits per heavy atom. The number of nitrogens with two attached hydrogens (primary N) is 1. The Morgan fingerprint density at radius 2 is 2.00 bits per heavy atom. The third kappa shape index (κ3) is 7.78. The number of piperidine rings is 1. The van der Waals surface area contributed by atoms with E-state index in [1.54, 1.807) is 0 Å². The zero-order valence-corrected chi connectivity index (χ0v) is 17.4. The first kappa shape index (κ1) is 23.2. The topological polar surface area (TPSA) is 132 Å². The van der Waals surface area contributed by atoms with Gasteiger partial charge in [0, 0.05) is 17.5 Å². The van der Waals surface area contributed by atoms with Gasteiger partial charge in [0.25, 0.3) is 11.5 Å². The van der Waals surface area contributed by atoms with Crippen molar-refractivity contribution in [2.45, 2.75) is 12.8 Å². The zero-order valence-electron chi connectivity index (χ0n) is 14.5. The number of likely N-dealkylation sites (tertiary alicyclic amines) is 1. The summed E-state index contributed by atoms with van der Waals surface area (Å²) in [5.74, 6) is -0.0114. The molecule has 8 nitrogen and oxygen atoms in total. The number of pyridine rings is 1. The molecule has 0 atom stereocenters. The fraction of sp³-hybridized carbons (Fsp3) is 0.625. The molecule has 1 saturated heterocycles. The second kappa shape index (κ2) is 12.5. The first-order chi connectivity index (χ1) is 12.4. The molecule has 0 aromatic carbocycles. The van der Waals surface area contributed by atoms with Crippen LogP contribution in [0.5, 0.6) is 0 Å². The van der Waals surface area contributed by atoms with Crippen molar-refractivity contribution < 1.29 is 15.0 Å². The Labute approximate surface area is 171 Å². The summed E-state index contributed by atoms with van der Waals surface area (Å²) < 4.78 is 0.845. The number of alkyl halides is 1. The number of hydrogen-bond donors (Lipinski definition) is 5. The van der Waals surface area contributed by atoms with E-state index in [1.165, 1.54) is 6.07 Å². The van der Waals surface area contributed by atoms with Crippen molar-refractivity contribution in [3.8, 4) is 0 Å². The number of aromatic amines is 1. The number of carbonyl (C=O) groups is 1. The molecule has 1 fully saturated rings. The van der Waals surface area contributed by atoms with Crippen molar-refractivity contribution in [2.24, 2.45) is 5.92 Å². The highest BCUT2D eigenvalue weighted by atomic mass is 127. The highest BCUT2D eigenvalue weighted by Crippen LogP contribution is 2.17. The fourth-order valence-electron chi connectivity index (χ4n) is 2.58. The molecule has 2 rings (SSSR count). The molecule has 1 aromatic heterocycles. The van der Waals surface area contributed by atoms with Crippen LogP contribution in [0.25, 0.3) is 0 Å². The molecule has 0 unspecified atom stereocenters. The average Bonchev–Trinajstić information content (AvgIpc) is 2.64. The van der Waals surface area contributed by atoms with Crippen LogP contribution in [0, 0.1) is 5.92 Å². The predicted molar refractivity (Wildman–Crippen MR) is 111 cm³/mol. The van der Waals surface area contributed by atoms with Gasteiger partial charge >= 0.3 is 0 Å². The Balaban J connectivity index is 0.000000765. The SMILES string of the molecule is Nc1[nH]c(=O)c(C(=O)NCC2CCN(CCO)CC2)cc1Cl.OCCI. The number of β-amino-alcohol motifs (C(OH)–C–C–N with tert-alkyl or cyclic N) is 1. The zero-order chi connectivity index (χ0) is 19.5. The molecule has 0 radical (unpaired) electrons. The lowest BCUT2D eigenvalue weighted by Gasteiger charge is -2.31. The third-order valence-electron chi connectivity index (χ3n) is 4.03. The van der Waals surface area contributed by atoms with Crippen molar-refractivity contribution >= 4 is 45.9 Å². The number of H-pyrrole nitrogens is 1. The van der Waals surface area contributed by atoms with Crippen LogP contribution >= 0.6 is 34.2 Å². The average molecular weight is 501 g/mol. The standard InChI is InChI=1S/C14H21ClN4O3.C2H5IO/c15-11-7-10(14(22)18-12(11)16)13(21)17-8-9-1-3-19(4-2-9)5-6-20;3-1-2-4/h7,9,20H,1-6,8H2,(H,17,21)(H3,16,18,22);4H,1-2H2. The number of rotatable bonds is 6. The van der Waals surface area contributed by atoms with Crippen LogP contribution < -0.4 is 16.6 Å². The van der Waals surface area contributed by atoms with Crippen molar-refractivity contribution in [3.63, 3.8) is 0 Å². The van der Waals surface area contributed by atoms with Crippen molar-refractivity contribution in [1.29, 1.82) is 0 Å². The van der Waals surface area contributed by atoms with Crippen LogP contribution in [0.2, 0.25) is 5.02 Å². The van der Waals surface area contributed by atoms with Gasteiger partial charge in [-0.25, -0.2) is 0 Å². The number of aliphatic hydroxyl groups excluding tert-OH is 2. The maximum Gasteiger partial charge on any atom is 0.262 e. The van der Waals surface area contributed by atoms with Gasteiger partial charge in [0.2, 0.25) is 0 Å². The maximum absolute atomic E-state index is 12.1. The number of hydrogen-bond acceptors (Lipinski definition) is 6. The van der Waals surface area contributed by atoms with Gasteiger partial charge in [-0.15, -0.1) is 0 Å². The van der Waals surface area contributed by atoms with E-state index >= 15 is 0 Å². The summed E-state index contributed by atoms with van der Waals surface area (Å²) in [6.07, 6.45) is 1.91. The van der Waals surface area contributed by atoms with Gasteiger partial charge in [-0.05, 0) is 37.9 Å². The highest BCUT2D eigenvalue weighted by Gasteiger charge is 2.20. The number of nitrogen functional groups attached to an aromatic ring is 1. The molecule has 2 heterocycles. The lowest BCUT2D eigenvalue weighted by molar-refractivity contribution is 0.0931. The van der Waals surface area contributed by atoms with Gasteiger partial charge in [0.15, 0.2) is 0 Å². The minimum absolute atomic E-state index is 0.0306. The molecule has 6 N–H and O–H groups in total. The van der Waals surface area contributed by atoms with Crippen LogP contribution in [-0.4, -0.2) is 69.8 Å². The summed E-state index contributed by atoms with van der Waals surface area (Å²) in [6, 6.07) is 1.29. The first-order valence-corrected chi connectivity index (χ1v) is 10.3. The lowest BCUT2D eigenvalue weighted by Crippen LogP contribution is -2.40. The number of anilines is 1. The van der Waals surface area contributed by atoms with Gasteiger partial charge in [-0.2, -0.15) is 0 Å². The molecule has 0 aliphatic carbocycles. The normalized spacial score (nSPS) is 15.2. The molecule has 148 valence electrons. The molecule has 1 aliphatic rings. The number of aromatic nitrogens is 1. The number of carbonyl (C=O) groups excluding carboxylic acids is 1.